The first-order valence-electron chi connectivity index (χ1n) is 10.5. The van der Waals surface area contributed by atoms with Gasteiger partial charge in [-0.25, -0.2) is 0 Å². The van der Waals surface area contributed by atoms with Gasteiger partial charge in [0.15, 0.2) is 5.76 Å². The Morgan fingerprint density at radius 3 is 3.03 bits per heavy atom. The fourth-order valence-corrected chi connectivity index (χ4v) is 4.77. The molecule has 1 amide bonds. The molecule has 0 saturated heterocycles. The van der Waals surface area contributed by atoms with Gasteiger partial charge in [0, 0.05) is 31.4 Å². The molecular formula is C22H26N4O3S. The average Bonchev–Trinajstić information content (AvgIpc) is 3.16. The third-order valence-corrected chi connectivity index (χ3v) is 6.76. The molecule has 1 saturated carbocycles. The zero-order valence-corrected chi connectivity index (χ0v) is 17.5. The van der Waals surface area contributed by atoms with Crippen molar-refractivity contribution in [3.05, 3.63) is 47.9 Å². The van der Waals surface area contributed by atoms with Crippen molar-refractivity contribution in [1.29, 1.82) is 0 Å². The number of rotatable bonds is 9. The average molecular weight is 427 g/mol. The lowest BCUT2D eigenvalue weighted by Crippen LogP contribution is -2.33. The summed E-state index contributed by atoms with van der Waals surface area (Å²) in [5.41, 5.74) is 0. The molecule has 1 aliphatic heterocycles. The van der Waals surface area contributed by atoms with Crippen molar-refractivity contribution in [2.24, 2.45) is 17.8 Å². The lowest BCUT2D eigenvalue weighted by Gasteiger charge is -2.16. The number of amides is 1. The number of hydrogen-bond donors (Lipinski definition) is 3. The van der Waals surface area contributed by atoms with Crippen molar-refractivity contribution in [2.45, 2.75) is 12.8 Å². The number of nitrogens with one attached hydrogen (secondary N) is 3. The molecule has 2 heterocycles. The van der Waals surface area contributed by atoms with Crippen LogP contribution in [0.5, 0.6) is 0 Å². The fourth-order valence-electron chi connectivity index (χ4n) is 4.01. The summed E-state index contributed by atoms with van der Waals surface area (Å²) in [5, 5.41) is 11.2. The van der Waals surface area contributed by atoms with Crippen LogP contribution in [0, 0.1) is 17.8 Å². The highest BCUT2D eigenvalue weighted by molar-refractivity contribution is 7.13. The second kappa shape index (κ2) is 8.65. The zero-order valence-electron chi connectivity index (χ0n) is 16.7. The lowest BCUT2D eigenvalue weighted by atomic mass is 9.97. The van der Waals surface area contributed by atoms with Gasteiger partial charge >= 0.3 is 0 Å². The number of carbonyl (C=O) groups is 1. The van der Waals surface area contributed by atoms with Crippen LogP contribution in [0.15, 0.2) is 47.9 Å². The molecule has 8 heteroatoms. The lowest BCUT2D eigenvalue weighted by molar-refractivity contribution is -0.123. The summed E-state index contributed by atoms with van der Waals surface area (Å²) in [6.45, 7) is 3.75. The maximum atomic E-state index is 12.4. The van der Waals surface area contributed by atoms with Gasteiger partial charge in [0.2, 0.25) is 12.7 Å². The highest BCUT2D eigenvalue weighted by Crippen LogP contribution is 2.37. The summed E-state index contributed by atoms with van der Waals surface area (Å²) in [5.74, 6) is 3.67. The molecule has 3 N–H and O–H groups in total. The summed E-state index contributed by atoms with van der Waals surface area (Å²) < 4.78 is 16.4. The predicted molar refractivity (Wildman–Crippen MR) is 117 cm³/mol. The van der Waals surface area contributed by atoms with Gasteiger partial charge < -0.3 is 25.4 Å². The Balaban J connectivity index is 0.957. The van der Waals surface area contributed by atoms with Crippen molar-refractivity contribution in [3.8, 4) is 0 Å². The van der Waals surface area contributed by atoms with Gasteiger partial charge in [0.1, 0.15) is 11.6 Å². The molecule has 0 bridgehead atoms. The van der Waals surface area contributed by atoms with Gasteiger partial charge in [-0.05, 0) is 54.5 Å². The highest BCUT2D eigenvalue weighted by atomic mass is 32.1. The molecule has 2 aliphatic carbocycles. The number of aromatic nitrogens is 1. The molecule has 7 nitrogen and oxygen atoms in total. The van der Waals surface area contributed by atoms with E-state index in [4.69, 9.17) is 9.47 Å². The van der Waals surface area contributed by atoms with Crippen LogP contribution in [0.1, 0.15) is 12.8 Å². The normalized spacial score (nSPS) is 24.3. The van der Waals surface area contributed by atoms with Crippen molar-refractivity contribution >= 4 is 33.3 Å². The van der Waals surface area contributed by atoms with Gasteiger partial charge in [0.05, 0.1) is 10.6 Å². The Kier molecular flexibility index (Phi) is 5.59. The van der Waals surface area contributed by atoms with E-state index in [1.807, 2.05) is 24.3 Å². The monoisotopic (exact) mass is 426 g/mol. The predicted octanol–water partition coefficient (Wildman–Crippen LogP) is 2.84. The summed E-state index contributed by atoms with van der Waals surface area (Å²) in [7, 11) is 0. The number of hydrogen-bond acceptors (Lipinski definition) is 7. The standard InChI is InChI=1S/C22H26N4O3S/c27-22(14-5-6-18-19(10-14)29-13-28-18)25-12-16-9-15(16)11-23-7-8-24-21-17-3-1-2-4-20(17)30-26-21/h1-6,14-16,23H,7-13H2,(H,24,26)(H,25,27)/t14?,15-,16-/m1/s1. The van der Waals surface area contributed by atoms with Crippen LogP contribution >= 0.6 is 11.5 Å². The number of anilines is 1. The van der Waals surface area contributed by atoms with Crippen LogP contribution in [-0.4, -0.2) is 43.3 Å². The Bertz CT molecular complexity index is 986. The summed E-state index contributed by atoms with van der Waals surface area (Å²) in [6, 6.07) is 8.28. The number of fused-ring (bicyclic) bond motifs is 1. The maximum absolute atomic E-state index is 12.4. The van der Waals surface area contributed by atoms with Gasteiger partial charge in [-0.3, -0.25) is 4.79 Å². The first-order valence-corrected chi connectivity index (χ1v) is 11.3. The van der Waals surface area contributed by atoms with E-state index in [0.29, 0.717) is 18.3 Å². The Labute approximate surface area is 179 Å². The first kappa shape index (κ1) is 19.4. The largest absolute Gasteiger partial charge is 0.458 e. The van der Waals surface area contributed by atoms with Crippen LogP contribution < -0.4 is 16.0 Å². The van der Waals surface area contributed by atoms with Crippen molar-refractivity contribution in [3.63, 3.8) is 0 Å². The minimum absolute atomic E-state index is 0.0756. The van der Waals surface area contributed by atoms with Gasteiger partial charge in [0.25, 0.3) is 0 Å². The van der Waals surface area contributed by atoms with Gasteiger partial charge in [-0.1, -0.05) is 18.2 Å². The van der Waals surface area contributed by atoms with E-state index >= 15 is 0 Å². The summed E-state index contributed by atoms with van der Waals surface area (Å²) >= 11 is 1.53. The van der Waals surface area contributed by atoms with Crippen LogP contribution in [0.25, 0.3) is 10.1 Å². The van der Waals surface area contributed by atoms with E-state index < -0.39 is 0 Å². The quantitative estimate of drug-likeness (QED) is 0.535. The molecular weight excluding hydrogens is 400 g/mol. The molecule has 1 aromatic carbocycles. The molecule has 5 rings (SSSR count). The molecule has 30 heavy (non-hydrogen) atoms. The molecule has 3 aliphatic rings. The topological polar surface area (TPSA) is 84.5 Å². The van der Waals surface area contributed by atoms with Crippen LogP contribution in [0.2, 0.25) is 0 Å². The smallest absolute Gasteiger partial charge is 0.230 e. The third kappa shape index (κ3) is 4.29. The SMILES string of the molecule is O=C(NC[C@H]1C[C@@H]1CNCCNc1nsc2ccccc12)C1C=CC2=C(C1)OCO2. The van der Waals surface area contributed by atoms with Crippen LogP contribution in [-0.2, 0) is 14.3 Å². The van der Waals surface area contributed by atoms with E-state index in [1.54, 1.807) is 0 Å². The maximum Gasteiger partial charge on any atom is 0.230 e. The van der Waals surface area contributed by atoms with Gasteiger partial charge in [-0.2, -0.15) is 4.37 Å². The minimum atomic E-state index is -0.159. The zero-order chi connectivity index (χ0) is 20.3. The first-order chi connectivity index (χ1) is 14.8. The number of allylic oxidation sites excluding steroid dienone is 2. The molecule has 158 valence electrons. The highest BCUT2D eigenvalue weighted by Gasteiger charge is 2.37. The van der Waals surface area contributed by atoms with Crippen molar-refractivity contribution in [2.75, 3.05) is 38.3 Å². The molecule has 0 radical (unpaired) electrons. The molecule has 1 unspecified atom stereocenters. The van der Waals surface area contributed by atoms with E-state index in [-0.39, 0.29) is 18.6 Å². The Hall–Kier alpha value is -2.58. The van der Waals surface area contributed by atoms with E-state index in [2.05, 4.69) is 32.5 Å². The number of carbonyl (C=O) groups excluding carboxylic acids is 1. The van der Waals surface area contributed by atoms with E-state index in [9.17, 15) is 4.79 Å². The molecule has 2 aromatic rings. The molecule has 0 spiro atoms. The number of ether oxygens (including phenoxy) is 2. The Morgan fingerprint density at radius 1 is 1.17 bits per heavy atom. The second-order valence-corrected chi connectivity index (χ2v) is 8.83. The number of nitrogens with zero attached hydrogens (tertiary/aromatic N) is 1. The van der Waals surface area contributed by atoms with Crippen LogP contribution in [0.3, 0.4) is 0 Å². The third-order valence-electron chi connectivity index (χ3n) is 5.93. The second-order valence-electron chi connectivity index (χ2n) is 8.02. The van der Waals surface area contributed by atoms with Crippen LogP contribution in [0.4, 0.5) is 5.82 Å². The Morgan fingerprint density at radius 2 is 2.07 bits per heavy atom. The molecule has 1 aromatic heterocycles. The molecule has 1 fully saturated rings. The van der Waals surface area contributed by atoms with Crippen molar-refractivity contribution in [1.82, 2.24) is 15.0 Å². The number of benzene rings is 1. The van der Waals surface area contributed by atoms with Crippen molar-refractivity contribution < 1.29 is 14.3 Å². The molecule has 3 atom stereocenters. The van der Waals surface area contributed by atoms with Gasteiger partial charge in [-0.15, -0.1) is 0 Å². The minimum Gasteiger partial charge on any atom is -0.458 e. The van der Waals surface area contributed by atoms with E-state index in [1.165, 1.54) is 28.0 Å². The fraction of sp³-hybridized carbons (Fsp3) is 0.455. The summed E-state index contributed by atoms with van der Waals surface area (Å²) in [6.07, 6.45) is 5.52. The van der Waals surface area contributed by atoms with E-state index in [0.717, 1.165) is 43.5 Å². The summed E-state index contributed by atoms with van der Waals surface area (Å²) in [4.78, 5) is 12.4.